The molecule has 5 rings (SSSR count). The standard InChI is InChI=1S/C24H25N3O7/c1-32-22(30)7-6-21-20-9-16-8-14(3-5-19(16)27(20)23(31)33-21)15-2-4-17(25-11-15)18-10-24(12-28,13-29)34-26-18/h2-5,8,11,20-21,28-29H,6-7,9-10,12-13H2,1H3/t20-,21-/m0/s1. The molecule has 1 amide bonds. The Balaban J connectivity index is 1.31. The number of methoxy groups -OCH3 is 1. The van der Waals surface area contributed by atoms with Gasteiger partial charge in [-0.05, 0) is 42.2 Å². The molecule has 3 aliphatic rings. The molecule has 0 spiro atoms. The second-order valence-corrected chi connectivity index (χ2v) is 8.76. The summed E-state index contributed by atoms with van der Waals surface area (Å²) in [6.45, 7) is -0.669. The van der Waals surface area contributed by atoms with E-state index in [2.05, 4.69) is 10.1 Å². The number of carbonyl (C=O) groups is 2. The summed E-state index contributed by atoms with van der Waals surface area (Å²) in [5.74, 6) is -0.322. The van der Waals surface area contributed by atoms with E-state index in [1.54, 1.807) is 11.1 Å². The maximum atomic E-state index is 12.5. The maximum Gasteiger partial charge on any atom is 0.415 e. The molecule has 3 aliphatic heterocycles. The van der Waals surface area contributed by atoms with Crippen molar-refractivity contribution in [1.29, 1.82) is 0 Å². The molecule has 2 N–H and O–H groups in total. The SMILES string of the molecule is COC(=O)CC[C@@H]1OC(=O)N2c3ccc(-c4ccc(C5=NOC(CO)(CO)C5)nc4)cc3C[C@@H]12. The minimum atomic E-state index is -1.10. The van der Waals surface area contributed by atoms with Crippen LogP contribution in [0.4, 0.5) is 10.5 Å². The number of anilines is 1. The van der Waals surface area contributed by atoms with Crippen molar-refractivity contribution in [2.24, 2.45) is 5.16 Å². The zero-order chi connectivity index (χ0) is 23.9. The number of rotatable bonds is 7. The van der Waals surface area contributed by atoms with E-state index in [-0.39, 0.29) is 44.2 Å². The number of pyridine rings is 1. The van der Waals surface area contributed by atoms with E-state index in [9.17, 15) is 19.8 Å². The highest BCUT2D eigenvalue weighted by atomic mass is 16.7. The predicted molar refractivity (Wildman–Crippen MR) is 120 cm³/mol. The van der Waals surface area contributed by atoms with Crippen LogP contribution in [0.5, 0.6) is 0 Å². The monoisotopic (exact) mass is 467 g/mol. The van der Waals surface area contributed by atoms with Crippen LogP contribution in [0.1, 0.15) is 30.5 Å². The first kappa shape index (κ1) is 22.3. The average Bonchev–Trinajstić information content (AvgIpc) is 3.56. The molecule has 2 atom stereocenters. The summed E-state index contributed by atoms with van der Waals surface area (Å²) in [5, 5.41) is 22.9. The van der Waals surface area contributed by atoms with E-state index in [4.69, 9.17) is 14.3 Å². The summed E-state index contributed by atoms with van der Waals surface area (Å²) in [5.41, 5.74) is 3.81. The molecule has 0 radical (unpaired) electrons. The molecule has 10 nitrogen and oxygen atoms in total. The molecular formula is C24H25N3O7. The number of aromatic nitrogens is 1. The third-order valence-electron chi connectivity index (χ3n) is 6.65. The van der Waals surface area contributed by atoms with Gasteiger partial charge in [0.05, 0.1) is 37.7 Å². The van der Waals surface area contributed by atoms with Crippen molar-refractivity contribution in [1.82, 2.24) is 4.98 Å². The lowest BCUT2D eigenvalue weighted by atomic mass is 9.97. The smallest absolute Gasteiger partial charge is 0.415 e. The molecule has 0 unspecified atom stereocenters. The number of hydrogen-bond acceptors (Lipinski definition) is 9. The second kappa shape index (κ2) is 8.69. The zero-order valence-electron chi connectivity index (χ0n) is 18.6. The highest BCUT2D eigenvalue weighted by Crippen LogP contribution is 2.41. The molecule has 1 aromatic heterocycles. The number of esters is 1. The number of hydrogen-bond donors (Lipinski definition) is 2. The normalized spacial score (nSPS) is 22.0. The topological polar surface area (TPSA) is 131 Å². The molecule has 2 aromatic rings. The number of cyclic esters (lactones) is 1. The van der Waals surface area contributed by atoms with Crippen LogP contribution >= 0.6 is 0 Å². The van der Waals surface area contributed by atoms with Crippen LogP contribution in [-0.2, 0) is 25.5 Å². The Bertz CT molecular complexity index is 1140. The van der Waals surface area contributed by atoms with Crippen molar-refractivity contribution in [3.8, 4) is 11.1 Å². The number of nitrogens with zero attached hydrogens (tertiary/aromatic N) is 3. The molecular weight excluding hydrogens is 442 g/mol. The molecule has 0 aliphatic carbocycles. The van der Waals surface area contributed by atoms with Crippen molar-refractivity contribution in [2.75, 3.05) is 25.2 Å². The Hall–Kier alpha value is -3.50. The molecule has 1 fully saturated rings. The third-order valence-corrected chi connectivity index (χ3v) is 6.65. The van der Waals surface area contributed by atoms with Crippen LogP contribution in [0.3, 0.4) is 0 Å². The number of aliphatic hydroxyl groups excluding tert-OH is 2. The number of aliphatic hydroxyl groups is 2. The Morgan fingerprint density at radius 2 is 2.03 bits per heavy atom. The maximum absolute atomic E-state index is 12.5. The number of ether oxygens (including phenoxy) is 2. The molecule has 1 aromatic carbocycles. The fourth-order valence-electron chi connectivity index (χ4n) is 4.68. The Labute approximate surface area is 195 Å². The largest absolute Gasteiger partial charge is 0.469 e. The third kappa shape index (κ3) is 3.78. The fourth-order valence-corrected chi connectivity index (χ4v) is 4.68. The van der Waals surface area contributed by atoms with Crippen molar-refractivity contribution in [3.05, 3.63) is 47.8 Å². The van der Waals surface area contributed by atoms with Gasteiger partial charge in [0, 0.05) is 24.6 Å². The van der Waals surface area contributed by atoms with Crippen molar-refractivity contribution < 1.29 is 34.1 Å². The quantitative estimate of drug-likeness (QED) is 0.590. The summed E-state index contributed by atoms with van der Waals surface area (Å²) in [4.78, 5) is 35.4. The lowest BCUT2D eigenvalue weighted by Gasteiger charge is -2.20. The molecule has 0 saturated carbocycles. The van der Waals surface area contributed by atoms with Gasteiger partial charge in [0.1, 0.15) is 11.8 Å². The Morgan fingerprint density at radius 1 is 1.24 bits per heavy atom. The van der Waals surface area contributed by atoms with Gasteiger partial charge in [-0.2, -0.15) is 0 Å². The first-order valence-electron chi connectivity index (χ1n) is 11.1. The zero-order valence-corrected chi connectivity index (χ0v) is 18.6. The van der Waals surface area contributed by atoms with Crippen LogP contribution in [0.15, 0.2) is 41.7 Å². The summed E-state index contributed by atoms with van der Waals surface area (Å²) >= 11 is 0. The van der Waals surface area contributed by atoms with Gasteiger partial charge in [-0.3, -0.25) is 14.7 Å². The first-order chi connectivity index (χ1) is 16.5. The lowest BCUT2D eigenvalue weighted by Crippen LogP contribution is -2.37. The van der Waals surface area contributed by atoms with Gasteiger partial charge in [0.15, 0.2) is 5.60 Å². The van der Waals surface area contributed by atoms with Gasteiger partial charge in [0.2, 0.25) is 0 Å². The van der Waals surface area contributed by atoms with Gasteiger partial charge in [-0.25, -0.2) is 4.79 Å². The van der Waals surface area contributed by atoms with E-state index in [0.717, 1.165) is 22.4 Å². The Kier molecular flexibility index (Phi) is 5.70. The number of fused-ring (bicyclic) bond motifs is 3. The van der Waals surface area contributed by atoms with Crippen molar-refractivity contribution >= 4 is 23.5 Å². The summed E-state index contributed by atoms with van der Waals surface area (Å²) in [6, 6.07) is 9.51. The number of benzene rings is 1. The minimum absolute atomic E-state index is 0.137. The second-order valence-electron chi connectivity index (χ2n) is 8.76. The van der Waals surface area contributed by atoms with Gasteiger partial charge in [-0.15, -0.1) is 0 Å². The molecule has 178 valence electrons. The van der Waals surface area contributed by atoms with E-state index < -0.39 is 11.7 Å². The summed E-state index contributed by atoms with van der Waals surface area (Å²) in [7, 11) is 1.34. The van der Waals surface area contributed by atoms with Gasteiger partial charge in [0.25, 0.3) is 0 Å². The minimum Gasteiger partial charge on any atom is -0.469 e. The van der Waals surface area contributed by atoms with Crippen LogP contribution in [0.25, 0.3) is 11.1 Å². The molecule has 1 saturated heterocycles. The average molecular weight is 467 g/mol. The number of amides is 1. The summed E-state index contributed by atoms with van der Waals surface area (Å²) < 4.78 is 10.2. The van der Waals surface area contributed by atoms with E-state index in [1.807, 2.05) is 30.3 Å². The first-order valence-corrected chi connectivity index (χ1v) is 11.1. The van der Waals surface area contributed by atoms with Gasteiger partial charge < -0.3 is 24.5 Å². The van der Waals surface area contributed by atoms with Gasteiger partial charge in [-0.1, -0.05) is 17.3 Å². The highest BCUT2D eigenvalue weighted by molar-refractivity contribution is 6.00. The predicted octanol–water partition coefficient (Wildman–Crippen LogP) is 1.80. The van der Waals surface area contributed by atoms with Crippen LogP contribution in [0.2, 0.25) is 0 Å². The Morgan fingerprint density at radius 3 is 2.71 bits per heavy atom. The van der Waals surface area contributed by atoms with Crippen LogP contribution in [-0.4, -0.2) is 71.0 Å². The lowest BCUT2D eigenvalue weighted by molar-refractivity contribution is -0.141. The van der Waals surface area contributed by atoms with Crippen molar-refractivity contribution in [3.63, 3.8) is 0 Å². The number of oxime groups is 1. The fraction of sp³-hybridized carbons (Fsp3) is 0.417. The van der Waals surface area contributed by atoms with Gasteiger partial charge >= 0.3 is 12.1 Å². The van der Waals surface area contributed by atoms with E-state index >= 15 is 0 Å². The van der Waals surface area contributed by atoms with E-state index in [0.29, 0.717) is 24.2 Å². The van der Waals surface area contributed by atoms with Crippen LogP contribution < -0.4 is 4.90 Å². The molecule has 34 heavy (non-hydrogen) atoms. The molecule has 4 heterocycles. The van der Waals surface area contributed by atoms with Crippen LogP contribution in [0, 0.1) is 0 Å². The molecule has 0 bridgehead atoms. The number of carbonyl (C=O) groups excluding carboxylic acids is 2. The highest BCUT2D eigenvalue weighted by Gasteiger charge is 2.47. The van der Waals surface area contributed by atoms with E-state index in [1.165, 1.54) is 7.11 Å². The summed E-state index contributed by atoms with van der Waals surface area (Å²) in [6.07, 6.45) is 2.53. The molecule has 10 heteroatoms. The van der Waals surface area contributed by atoms with Crippen molar-refractivity contribution in [2.45, 2.75) is 43.4 Å².